The van der Waals surface area contributed by atoms with Gasteiger partial charge in [0.05, 0.1) is 25.3 Å². The van der Waals surface area contributed by atoms with Crippen LogP contribution in [0, 0.1) is 5.82 Å². The van der Waals surface area contributed by atoms with E-state index in [1.165, 1.54) is 19.2 Å². The Kier molecular flexibility index (Phi) is 6.56. The van der Waals surface area contributed by atoms with Crippen LogP contribution in [0.1, 0.15) is 31.0 Å². The fourth-order valence-corrected chi connectivity index (χ4v) is 3.15. The van der Waals surface area contributed by atoms with E-state index in [2.05, 4.69) is 10.6 Å². The molecule has 30 heavy (non-hydrogen) atoms. The molecule has 0 radical (unpaired) electrons. The van der Waals surface area contributed by atoms with Crippen LogP contribution in [0.5, 0.6) is 11.5 Å². The largest absolute Gasteiger partial charge is 0.493 e. The summed E-state index contributed by atoms with van der Waals surface area (Å²) < 4.78 is 29.4. The molecule has 0 spiro atoms. The van der Waals surface area contributed by atoms with Gasteiger partial charge in [-0.15, -0.1) is 0 Å². The molecule has 3 rings (SSSR count). The third kappa shape index (κ3) is 4.71. The zero-order valence-corrected chi connectivity index (χ0v) is 17.0. The van der Waals surface area contributed by atoms with Crippen molar-refractivity contribution in [2.24, 2.45) is 0 Å². The molecule has 7 nitrogen and oxygen atoms in total. The van der Waals surface area contributed by atoms with Gasteiger partial charge in [0.1, 0.15) is 12.4 Å². The molecule has 1 aliphatic heterocycles. The zero-order chi connectivity index (χ0) is 21.7. The number of carbonyl (C=O) groups excluding carboxylic acids is 2. The average molecular weight is 414 g/mol. The summed E-state index contributed by atoms with van der Waals surface area (Å²) in [7, 11) is 1.50. The van der Waals surface area contributed by atoms with Crippen molar-refractivity contribution in [3.8, 4) is 11.5 Å². The van der Waals surface area contributed by atoms with Gasteiger partial charge < -0.3 is 24.8 Å². The summed E-state index contributed by atoms with van der Waals surface area (Å²) in [5, 5.41) is 5.34. The Bertz CT molecular complexity index is 972. The minimum absolute atomic E-state index is 0.218. The molecular weight excluding hydrogens is 391 g/mol. The summed E-state index contributed by atoms with van der Waals surface area (Å²) >= 11 is 0. The van der Waals surface area contributed by atoms with Crippen molar-refractivity contribution in [1.29, 1.82) is 0 Å². The molecule has 0 saturated heterocycles. The van der Waals surface area contributed by atoms with Crippen LogP contribution in [-0.2, 0) is 16.1 Å². The van der Waals surface area contributed by atoms with Crippen LogP contribution in [0.3, 0.4) is 0 Å². The molecule has 0 fully saturated rings. The van der Waals surface area contributed by atoms with E-state index in [0.29, 0.717) is 28.3 Å². The normalized spacial score (nSPS) is 15.9. The van der Waals surface area contributed by atoms with Crippen LogP contribution in [-0.4, -0.2) is 25.7 Å². The van der Waals surface area contributed by atoms with Crippen molar-refractivity contribution in [1.82, 2.24) is 10.6 Å². The van der Waals surface area contributed by atoms with E-state index in [9.17, 15) is 14.0 Å². The summed E-state index contributed by atoms with van der Waals surface area (Å²) in [6.07, 6.45) is 0. The predicted molar refractivity (Wildman–Crippen MR) is 107 cm³/mol. The lowest BCUT2D eigenvalue weighted by Crippen LogP contribution is -2.45. The molecule has 1 aliphatic rings. The number of amides is 2. The molecule has 1 unspecified atom stereocenters. The first-order valence-corrected chi connectivity index (χ1v) is 9.43. The van der Waals surface area contributed by atoms with Crippen LogP contribution < -0.4 is 20.1 Å². The first-order chi connectivity index (χ1) is 14.4. The number of rotatable bonds is 7. The van der Waals surface area contributed by atoms with Crippen molar-refractivity contribution >= 4 is 12.0 Å². The number of carbonyl (C=O) groups is 2. The Morgan fingerprint density at radius 2 is 1.87 bits per heavy atom. The van der Waals surface area contributed by atoms with E-state index in [0.717, 1.165) is 5.56 Å². The van der Waals surface area contributed by atoms with Crippen LogP contribution >= 0.6 is 0 Å². The molecule has 1 atom stereocenters. The monoisotopic (exact) mass is 414 g/mol. The number of halogens is 1. The van der Waals surface area contributed by atoms with E-state index >= 15 is 0 Å². The van der Waals surface area contributed by atoms with Crippen molar-refractivity contribution in [3.63, 3.8) is 0 Å². The van der Waals surface area contributed by atoms with Gasteiger partial charge in [-0.05, 0) is 49.2 Å². The molecule has 0 aromatic heterocycles. The van der Waals surface area contributed by atoms with Gasteiger partial charge in [-0.2, -0.15) is 0 Å². The smallest absolute Gasteiger partial charge is 0.338 e. The minimum Gasteiger partial charge on any atom is -0.493 e. The number of nitrogens with one attached hydrogen (secondary N) is 2. The number of ether oxygens (including phenoxy) is 3. The highest BCUT2D eigenvalue weighted by Crippen LogP contribution is 2.35. The lowest BCUT2D eigenvalue weighted by molar-refractivity contribution is -0.139. The molecular formula is C22H23FN2O5. The van der Waals surface area contributed by atoms with Gasteiger partial charge in [-0.3, -0.25) is 0 Å². The van der Waals surface area contributed by atoms with E-state index in [1.807, 2.05) is 0 Å². The van der Waals surface area contributed by atoms with Gasteiger partial charge in [-0.1, -0.05) is 18.2 Å². The highest BCUT2D eigenvalue weighted by atomic mass is 19.1. The minimum atomic E-state index is -0.696. The molecule has 2 N–H and O–H groups in total. The topological polar surface area (TPSA) is 85.9 Å². The highest BCUT2D eigenvalue weighted by molar-refractivity contribution is 5.95. The maximum Gasteiger partial charge on any atom is 0.338 e. The van der Waals surface area contributed by atoms with Gasteiger partial charge >= 0.3 is 12.0 Å². The number of allylic oxidation sites excluding steroid dienone is 1. The van der Waals surface area contributed by atoms with Crippen LogP contribution in [0.25, 0.3) is 0 Å². The molecule has 0 saturated carbocycles. The molecule has 2 aromatic carbocycles. The van der Waals surface area contributed by atoms with Gasteiger partial charge in [-0.25, -0.2) is 14.0 Å². The Balaban J connectivity index is 1.86. The molecule has 0 bridgehead atoms. The van der Waals surface area contributed by atoms with E-state index in [1.54, 1.807) is 44.2 Å². The number of hydrogen-bond donors (Lipinski definition) is 2. The summed E-state index contributed by atoms with van der Waals surface area (Å²) in [6.45, 7) is 3.81. The SMILES string of the molecule is CCOC(=O)C1=C(C)NC(=O)NC1c1ccc(OCc2ccc(F)cc2)c(OC)c1. The number of hydrogen-bond acceptors (Lipinski definition) is 5. The predicted octanol–water partition coefficient (Wildman–Crippen LogP) is 3.60. The maximum absolute atomic E-state index is 13.0. The van der Waals surface area contributed by atoms with Crippen LogP contribution in [0.2, 0.25) is 0 Å². The number of esters is 1. The Hall–Kier alpha value is -3.55. The Morgan fingerprint density at radius 3 is 2.53 bits per heavy atom. The van der Waals surface area contributed by atoms with E-state index < -0.39 is 18.0 Å². The van der Waals surface area contributed by atoms with Gasteiger partial charge in [0.25, 0.3) is 0 Å². The lowest BCUT2D eigenvalue weighted by atomic mass is 9.95. The van der Waals surface area contributed by atoms with Gasteiger partial charge in [0.2, 0.25) is 0 Å². The second kappa shape index (κ2) is 9.30. The van der Waals surface area contributed by atoms with E-state index in [4.69, 9.17) is 14.2 Å². The molecule has 2 aromatic rings. The fourth-order valence-electron chi connectivity index (χ4n) is 3.15. The number of urea groups is 1. The van der Waals surface area contributed by atoms with Crippen molar-refractivity contribution < 1.29 is 28.2 Å². The summed E-state index contributed by atoms with van der Waals surface area (Å²) in [6, 6.07) is 10.0. The second-order valence-electron chi connectivity index (χ2n) is 6.62. The highest BCUT2D eigenvalue weighted by Gasteiger charge is 2.32. The molecule has 158 valence electrons. The van der Waals surface area contributed by atoms with Crippen molar-refractivity contribution in [3.05, 3.63) is 70.7 Å². The maximum atomic E-state index is 13.0. The van der Waals surface area contributed by atoms with Crippen molar-refractivity contribution in [2.45, 2.75) is 26.5 Å². The van der Waals surface area contributed by atoms with Gasteiger partial charge in [0, 0.05) is 5.70 Å². The Labute approximate surface area is 173 Å². The number of benzene rings is 2. The first kappa shape index (κ1) is 21.2. The number of methoxy groups -OCH3 is 1. The van der Waals surface area contributed by atoms with Gasteiger partial charge in [0.15, 0.2) is 11.5 Å². The molecule has 8 heteroatoms. The molecule has 2 amide bonds. The summed E-state index contributed by atoms with van der Waals surface area (Å²) in [5.41, 5.74) is 2.19. The third-order valence-electron chi connectivity index (χ3n) is 4.59. The average Bonchev–Trinajstić information content (AvgIpc) is 2.72. The molecule has 0 aliphatic carbocycles. The zero-order valence-electron chi connectivity index (χ0n) is 17.0. The molecule has 1 heterocycles. The fraction of sp³-hybridized carbons (Fsp3) is 0.273. The summed E-state index contributed by atoms with van der Waals surface area (Å²) in [5.74, 6) is 0.0843. The summed E-state index contributed by atoms with van der Waals surface area (Å²) in [4.78, 5) is 24.4. The Morgan fingerprint density at radius 1 is 1.13 bits per heavy atom. The van der Waals surface area contributed by atoms with Crippen LogP contribution in [0.4, 0.5) is 9.18 Å². The first-order valence-electron chi connectivity index (χ1n) is 9.43. The quantitative estimate of drug-likeness (QED) is 0.676. The van der Waals surface area contributed by atoms with E-state index in [-0.39, 0.29) is 19.0 Å². The second-order valence-corrected chi connectivity index (χ2v) is 6.62. The standard InChI is InChI=1S/C22H23FN2O5/c1-4-29-21(26)19-13(2)24-22(27)25-20(19)15-7-10-17(18(11-15)28-3)30-12-14-5-8-16(23)9-6-14/h5-11,20H,4,12H2,1-3H3,(H2,24,25,27). The third-order valence-corrected chi connectivity index (χ3v) is 4.59. The van der Waals surface area contributed by atoms with Crippen LogP contribution in [0.15, 0.2) is 53.7 Å². The van der Waals surface area contributed by atoms with Crippen molar-refractivity contribution in [2.75, 3.05) is 13.7 Å². The lowest BCUT2D eigenvalue weighted by Gasteiger charge is -2.28.